The Morgan fingerprint density at radius 1 is 1.32 bits per heavy atom. The van der Waals surface area contributed by atoms with Gasteiger partial charge in [0.15, 0.2) is 17.0 Å². The van der Waals surface area contributed by atoms with Gasteiger partial charge in [0.05, 0.1) is 0 Å². The number of nitrogens with one attached hydrogen (secondary N) is 1. The molecule has 19 heavy (non-hydrogen) atoms. The van der Waals surface area contributed by atoms with E-state index in [1.807, 2.05) is 0 Å². The number of carboxylic acid groups (broad SMARTS) is 2. The van der Waals surface area contributed by atoms with Crippen LogP contribution in [0.1, 0.15) is 12.8 Å². The van der Waals surface area contributed by atoms with E-state index in [0.29, 0.717) is 6.42 Å². The van der Waals surface area contributed by atoms with Crippen molar-refractivity contribution >= 4 is 18.0 Å². The van der Waals surface area contributed by atoms with Crippen LogP contribution in [-0.2, 0) is 4.79 Å². The van der Waals surface area contributed by atoms with Gasteiger partial charge in [0.2, 0.25) is 0 Å². The van der Waals surface area contributed by atoms with E-state index in [-0.39, 0.29) is 18.9 Å². The SMILES string of the molecule is NC(=O)O.NC(N)=NCCCC(N[N+](=O)[O-])C(=O)O. The van der Waals surface area contributed by atoms with Gasteiger partial charge in [0, 0.05) is 6.54 Å². The van der Waals surface area contributed by atoms with Crippen molar-refractivity contribution in [3.63, 3.8) is 0 Å². The summed E-state index contributed by atoms with van der Waals surface area (Å²) in [6, 6.07) is -1.23. The summed E-state index contributed by atoms with van der Waals surface area (Å²) in [6.45, 7) is 0.242. The van der Waals surface area contributed by atoms with Crippen molar-refractivity contribution < 1.29 is 24.8 Å². The maximum atomic E-state index is 10.5. The van der Waals surface area contributed by atoms with Crippen LogP contribution in [0.2, 0.25) is 0 Å². The van der Waals surface area contributed by atoms with Gasteiger partial charge in [-0.3, -0.25) is 4.99 Å². The zero-order valence-electron chi connectivity index (χ0n) is 9.85. The quantitative estimate of drug-likeness (QED) is 0.0985. The Labute approximate surface area is 107 Å². The molecular formula is C7H16N6O6. The number of aliphatic carboxylic acids is 1. The largest absolute Gasteiger partial charge is 0.480 e. The average Bonchev–Trinajstić information content (AvgIpc) is 2.20. The van der Waals surface area contributed by atoms with E-state index in [0.717, 1.165) is 0 Å². The lowest BCUT2D eigenvalue weighted by atomic mass is 10.2. The first-order chi connectivity index (χ1) is 8.66. The molecule has 1 unspecified atom stereocenters. The molecule has 0 saturated carbocycles. The third-order valence-corrected chi connectivity index (χ3v) is 1.50. The summed E-state index contributed by atoms with van der Waals surface area (Å²) in [4.78, 5) is 32.9. The zero-order chi connectivity index (χ0) is 15.4. The third-order valence-electron chi connectivity index (χ3n) is 1.50. The van der Waals surface area contributed by atoms with Crippen molar-refractivity contribution in [2.75, 3.05) is 6.54 Å². The Kier molecular flexibility index (Phi) is 10.1. The maximum absolute atomic E-state index is 10.5. The first-order valence-corrected chi connectivity index (χ1v) is 4.84. The summed E-state index contributed by atoms with van der Waals surface area (Å²) in [7, 11) is 0. The first-order valence-electron chi connectivity index (χ1n) is 4.84. The van der Waals surface area contributed by atoms with E-state index in [1.54, 1.807) is 5.43 Å². The summed E-state index contributed by atoms with van der Waals surface area (Å²) in [5.41, 5.74) is 15.8. The smallest absolute Gasteiger partial charge is 0.402 e. The molecule has 0 aliphatic rings. The van der Waals surface area contributed by atoms with Crippen LogP contribution < -0.4 is 22.6 Å². The molecule has 0 bridgehead atoms. The monoisotopic (exact) mass is 280 g/mol. The second kappa shape index (κ2) is 10.4. The van der Waals surface area contributed by atoms with Gasteiger partial charge in [0.1, 0.15) is 0 Å². The van der Waals surface area contributed by atoms with Gasteiger partial charge in [-0.15, -0.1) is 5.43 Å². The molecule has 0 aromatic rings. The molecule has 0 aromatic heterocycles. The molecule has 1 amide bonds. The molecule has 0 saturated heterocycles. The molecular weight excluding hydrogens is 264 g/mol. The molecule has 0 aromatic carbocycles. The number of rotatable bonds is 7. The van der Waals surface area contributed by atoms with Crippen molar-refractivity contribution in [2.24, 2.45) is 22.2 Å². The topological polar surface area (TPSA) is 220 Å². The van der Waals surface area contributed by atoms with Crippen molar-refractivity contribution in [1.29, 1.82) is 0 Å². The number of nitrogens with zero attached hydrogens (tertiary/aromatic N) is 2. The zero-order valence-corrected chi connectivity index (χ0v) is 9.85. The normalized spacial score (nSPS) is 10.3. The summed E-state index contributed by atoms with van der Waals surface area (Å²) >= 11 is 0. The van der Waals surface area contributed by atoms with Crippen molar-refractivity contribution in [1.82, 2.24) is 5.43 Å². The predicted molar refractivity (Wildman–Crippen MR) is 63.7 cm³/mol. The second-order valence-electron chi connectivity index (χ2n) is 3.06. The number of aliphatic imine (C=N–C) groups is 1. The van der Waals surface area contributed by atoms with Crippen LogP contribution in [0.15, 0.2) is 4.99 Å². The molecule has 0 fully saturated rings. The molecule has 12 nitrogen and oxygen atoms in total. The van der Waals surface area contributed by atoms with E-state index in [1.165, 1.54) is 0 Å². The number of carbonyl (C=O) groups is 2. The molecule has 1 atom stereocenters. The Morgan fingerprint density at radius 3 is 2.11 bits per heavy atom. The van der Waals surface area contributed by atoms with Crippen LogP contribution in [-0.4, -0.2) is 45.9 Å². The van der Waals surface area contributed by atoms with Gasteiger partial charge in [-0.2, -0.15) is 0 Å². The third kappa shape index (κ3) is 17.8. The van der Waals surface area contributed by atoms with Crippen LogP contribution in [0.4, 0.5) is 4.79 Å². The Balaban J connectivity index is 0. The highest BCUT2D eigenvalue weighted by molar-refractivity contribution is 5.75. The minimum atomic E-state index is -1.33. The lowest BCUT2D eigenvalue weighted by molar-refractivity contribution is -0.549. The van der Waals surface area contributed by atoms with E-state index in [9.17, 15) is 14.9 Å². The molecule has 0 heterocycles. The lowest BCUT2D eigenvalue weighted by Gasteiger charge is -2.07. The molecule has 0 aliphatic carbocycles. The van der Waals surface area contributed by atoms with Gasteiger partial charge in [-0.05, 0) is 12.8 Å². The van der Waals surface area contributed by atoms with Crippen LogP contribution in [0.25, 0.3) is 0 Å². The molecule has 110 valence electrons. The van der Waals surface area contributed by atoms with Crippen LogP contribution in [0.5, 0.6) is 0 Å². The number of hydrogen-bond donors (Lipinski definition) is 6. The van der Waals surface area contributed by atoms with Crippen LogP contribution >= 0.6 is 0 Å². The summed E-state index contributed by atoms with van der Waals surface area (Å²) in [5.74, 6) is -1.37. The van der Waals surface area contributed by atoms with Crippen LogP contribution in [0, 0.1) is 10.1 Å². The fourth-order valence-electron chi connectivity index (χ4n) is 0.874. The highest BCUT2D eigenvalue weighted by Crippen LogP contribution is 1.98. The predicted octanol–water partition coefficient (Wildman–Crippen LogP) is -2.10. The van der Waals surface area contributed by atoms with Gasteiger partial charge in [-0.1, -0.05) is 0 Å². The number of primary amides is 1. The van der Waals surface area contributed by atoms with Crippen molar-refractivity contribution in [3.05, 3.63) is 10.1 Å². The van der Waals surface area contributed by atoms with Gasteiger partial charge < -0.3 is 27.4 Å². The summed E-state index contributed by atoms with van der Waals surface area (Å²) < 4.78 is 0. The van der Waals surface area contributed by atoms with E-state index in [2.05, 4.69) is 10.7 Å². The number of guanidine groups is 1. The van der Waals surface area contributed by atoms with Crippen LogP contribution in [0.3, 0.4) is 0 Å². The summed E-state index contributed by atoms with van der Waals surface area (Å²) in [5, 5.41) is 24.9. The number of nitro groups is 1. The van der Waals surface area contributed by atoms with Crippen molar-refractivity contribution in [2.45, 2.75) is 18.9 Å². The van der Waals surface area contributed by atoms with Gasteiger partial charge in [-0.25, -0.2) is 19.7 Å². The van der Waals surface area contributed by atoms with E-state index in [4.69, 9.17) is 26.5 Å². The Bertz CT molecular complexity index is 337. The molecule has 0 spiro atoms. The fourth-order valence-corrected chi connectivity index (χ4v) is 0.874. The summed E-state index contributed by atoms with van der Waals surface area (Å²) in [6.07, 6.45) is -0.914. The highest BCUT2D eigenvalue weighted by Gasteiger charge is 2.20. The standard InChI is InChI=1S/C6H13N5O4.CH3NO2/c7-6(8)9-3-1-2-4(5(12)13)10-11(14)15;2-1(3)4/h4,10H,1-3H2,(H,12,13)(H4,7,8,9);2H2,(H,3,4). The number of amides is 1. The van der Waals surface area contributed by atoms with Gasteiger partial charge >= 0.3 is 12.1 Å². The number of hydrazine groups is 1. The molecule has 9 N–H and O–H groups in total. The van der Waals surface area contributed by atoms with E-state index < -0.39 is 23.1 Å². The highest BCUT2D eigenvalue weighted by atomic mass is 16.7. The van der Waals surface area contributed by atoms with Crippen molar-refractivity contribution in [3.8, 4) is 0 Å². The number of carboxylic acids is 1. The minimum absolute atomic E-state index is 0.0765. The van der Waals surface area contributed by atoms with Gasteiger partial charge in [0.25, 0.3) is 0 Å². The number of nitrogens with two attached hydrogens (primary N) is 3. The molecule has 12 heteroatoms. The Hall–Kier alpha value is -2.79. The Morgan fingerprint density at radius 2 is 1.79 bits per heavy atom. The lowest BCUT2D eigenvalue weighted by Crippen LogP contribution is -2.40. The molecule has 0 radical (unpaired) electrons. The first kappa shape index (κ1) is 18.6. The average molecular weight is 280 g/mol. The van der Waals surface area contributed by atoms with E-state index >= 15 is 0 Å². The molecule has 0 rings (SSSR count). The maximum Gasteiger partial charge on any atom is 0.402 e. The number of hydrogen-bond acceptors (Lipinski definition) is 5. The fraction of sp³-hybridized carbons (Fsp3) is 0.571. The second-order valence-corrected chi connectivity index (χ2v) is 3.06. The molecule has 0 aliphatic heterocycles. The minimum Gasteiger partial charge on any atom is -0.480 e.